The third-order valence-electron chi connectivity index (χ3n) is 4.72. The van der Waals surface area contributed by atoms with Crippen LogP contribution in [0, 0.1) is 5.92 Å². The SMILES string of the molecule is CC(C1CC1)n1nccc1NC(=O)CSc1ccc2ccccc2c1. The van der Waals surface area contributed by atoms with Gasteiger partial charge in [0.25, 0.3) is 0 Å². The highest BCUT2D eigenvalue weighted by molar-refractivity contribution is 8.00. The van der Waals surface area contributed by atoms with Crippen molar-refractivity contribution in [1.82, 2.24) is 9.78 Å². The average molecular weight is 351 g/mol. The monoisotopic (exact) mass is 351 g/mol. The summed E-state index contributed by atoms with van der Waals surface area (Å²) in [4.78, 5) is 13.4. The molecule has 25 heavy (non-hydrogen) atoms. The van der Waals surface area contributed by atoms with E-state index in [2.05, 4.69) is 47.7 Å². The van der Waals surface area contributed by atoms with Gasteiger partial charge in [-0.25, -0.2) is 4.68 Å². The molecule has 4 rings (SSSR count). The summed E-state index contributed by atoms with van der Waals surface area (Å²) in [5, 5.41) is 9.80. The predicted octanol–water partition coefficient (Wildman–Crippen LogP) is 4.74. The molecule has 4 nitrogen and oxygen atoms in total. The number of carbonyl (C=O) groups excluding carboxylic acids is 1. The largest absolute Gasteiger partial charge is 0.310 e. The van der Waals surface area contributed by atoms with Crippen LogP contribution in [0.4, 0.5) is 5.82 Å². The third-order valence-corrected chi connectivity index (χ3v) is 5.71. The smallest absolute Gasteiger partial charge is 0.235 e. The summed E-state index contributed by atoms with van der Waals surface area (Å²) >= 11 is 1.56. The first-order chi connectivity index (χ1) is 12.2. The molecule has 1 atom stereocenters. The van der Waals surface area contributed by atoms with Gasteiger partial charge in [-0.3, -0.25) is 4.79 Å². The Balaban J connectivity index is 1.38. The first-order valence-corrected chi connectivity index (χ1v) is 9.64. The van der Waals surface area contributed by atoms with Gasteiger partial charge in [-0.1, -0.05) is 30.3 Å². The average Bonchev–Trinajstić information content (AvgIpc) is 3.39. The maximum atomic E-state index is 12.3. The normalized spacial score (nSPS) is 15.2. The Labute approximate surface area is 151 Å². The Bertz CT molecular complexity index is 901. The number of aromatic nitrogens is 2. The summed E-state index contributed by atoms with van der Waals surface area (Å²) in [6, 6.07) is 16.8. The first-order valence-electron chi connectivity index (χ1n) is 8.66. The van der Waals surface area contributed by atoms with Crippen LogP contribution in [0.2, 0.25) is 0 Å². The van der Waals surface area contributed by atoms with E-state index in [-0.39, 0.29) is 5.91 Å². The van der Waals surface area contributed by atoms with E-state index >= 15 is 0 Å². The summed E-state index contributed by atoms with van der Waals surface area (Å²) in [6.07, 6.45) is 4.27. The van der Waals surface area contributed by atoms with Crippen LogP contribution >= 0.6 is 11.8 Å². The molecule has 3 aromatic rings. The number of benzene rings is 2. The minimum absolute atomic E-state index is 0.00269. The lowest BCUT2D eigenvalue weighted by atomic mass is 10.1. The Morgan fingerprint density at radius 2 is 2.04 bits per heavy atom. The van der Waals surface area contributed by atoms with Crippen molar-refractivity contribution in [2.24, 2.45) is 5.92 Å². The number of nitrogens with zero attached hydrogens (tertiary/aromatic N) is 2. The van der Waals surface area contributed by atoms with Gasteiger partial charge < -0.3 is 5.32 Å². The van der Waals surface area contributed by atoms with Gasteiger partial charge >= 0.3 is 0 Å². The van der Waals surface area contributed by atoms with Crippen molar-refractivity contribution in [3.8, 4) is 0 Å². The zero-order valence-electron chi connectivity index (χ0n) is 14.2. The second-order valence-electron chi connectivity index (χ2n) is 6.58. The second-order valence-corrected chi connectivity index (χ2v) is 7.63. The van der Waals surface area contributed by atoms with E-state index < -0.39 is 0 Å². The highest BCUT2D eigenvalue weighted by atomic mass is 32.2. The van der Waals surface area contributed by atoms with Gasteiger partial charge in [0.2, 0.25) is 5.91 Å². The molecule has 1 unspecified atom stereocenters. The number of hydrogen-bond donors (Lipinski definition) is 1. The van der Waals surface area contributed by atoms with E-state index in [1.54, 1.807) is 18.0 Å². The van der Waals surface area contributed by atoms with Gasteiger partial charge in [0, 0.05) is 11.0 Å². The summed E-state index contributed by atoms with van der Waals surface area (Å²) in [7, 11) is 0. The maximum absolute atomic E-state index is 12.3. The lowest BCUT2D eigenvalue weighted by Gasteiger charge is -2.15. The molecule has 1 heterocycles. The van der Waals surface area contributed by atoms with Crippen molar-refractivity contribution in [2.75, 3.05) is 11.1 Å². The van der Waals surface area contributed by atoms with Gasteiger partial charge in [-0.15, -0.1) is 11.8 Å². The molecule has 1 saturated carbocycles. The molecule has 5 heteroatoms. The second kappa shape index (κ2) is 6.92. The van der Waals surface area contributed by atoms with Gasteiger partial charge in [0.1, 0.15) is 5.82 Å². The fourth-order valence-corrected chi connectivity index (χ4v) is 3.85. The van der Waals surface area contributed by atoms with Crippen LogP contribution in [0.25, 0.3) is 10.8 Å². The first kappa shape index (κ1) is 16.2. The molecule has 128 valence electrons. The fraction of sp³-hybridized carbons (Fsp3) is 0.300. The van der Waals surface area contributed by atoms with Crippen LogP contribution in [-0.2, 0) is 4.79 Å². The van der Waals surface area contributed by atoms with Crippen LogP contribution < -0.4 is 5.32 Å². The Kier molecular flexibility index (Phi) is 4.49. The number of nitrogens with one attached hydrogen (secondary N) is 1. The van der Waals surface area contributed by atoms with Crippen molar-refractivity contribution in [3.63, 3.8) is 0 Å². The van der Waals surface area contributed by atoms with Crippen molar-refractivity contribution < 1.29 is 4.79 Å². The molecule has 0 aliphatic heterocycles. The molecule has 1 aromatic heterocycles. The number of anilines is 1. The van der Waals surface area contributed by atoms with Gasteiger partial charge in [-0.05, 0) is 48.6 Å². The summed E-state index contributed by atoms with van der Waals surface area (Å²) in [5.41, 5.74) is 0. The molecule has 0 spiro atoms. The Hall–Kier alpha value is -2.27. The number of rotatable bonds is 6. The van der Waals surface area contributed by atoms with Crippen molar-refractivity contribution in [1.29, 1.82) is 0 Å². The minimum atomic E-state index is 0.00269. The van der Waals surface area contributed by atoms with E-state index in [1.165, 1.54) is 23.6 Å². The third kappa shape index (κ3) is 3.71. The van der Waals surface area contributed by atoms with Gasteiger partial charge in [-0.2, -0.15) is 5.10 Å². The quantitative estimate of drug-likeness (QED) is 0.653. The number of hydrogen-bond acceptors (Lipinski definition) is 3. The van der Waals surface area contributed by atoms with E-state index in [0.29, 0.717) is 17.7 Å². The molecule has 0 radical (unpaired) electrons. The van der Waals surface area contributed by atoms with Gasteiger partial charge in [0.05, 0.1) is 18.0 Å². The standard InChI is InChI=1S/C20H21N3OS/c1-14(15-6-7-15)23-19(10-11-21-23)22-20(24)13-25-18-9-8-16-4-2-3-5-17(16)12-18/h2-5,8-12,14-15H,6-7,13H2,1H3,(H,22,24). The van der Waals surface area contributed by atoms with Crippen LogP contribution in [0.3, 0.4) is 0 Å². The fourth-order valence-electron chi connectivity index (χ4n) is 3.10. The highest BCUT2D eigenvalue weighted by Gasteiger charge is 2.30. The molecular formula is C20H21N3OS. The lowest BCUT2D eigenvalue weighted by Crippen LogP contribution is -2.19. The molecule has 0 saturated heterocycles. The van der Waals surface area contributed by atoms with E-state index in [0.717, 1.165) is 10.7 Å². The van der Waals surface area contributed by atoms with Crippen molar-refractivity contribution >= 4 is 34.3 Å². The van der Waals surface area contributed by atoms with E-state index in [1.807, 2.05) is 22.9 Å². The summed E-state index contributed by atoms with van der Waals surface area (Å²) < 4.78 is 1.94. The Morgan fingerprint density at radius 1 is 1.24 bits per heavy atom. The van der Waals surface area contributed by atoms with Crippen LogP contribution in [-0.4, -0.2) is 21.4 Å². The molecule has 2 aromatic carbocycles. The molecule has 1 fully saturated rings. The van der Waals surface area contributed by atoms with Crippen LogP contribution in [0.5, 0.6) is 0 Å². The van der Waals surface area contributed by atoms with Gasteiger partial charge in [0.15, 0.2) is 0 Å². The minimum Gasteiger partial charge on any atom is -0.310 e. The number of carbonyl (C=O) groups is 1. The van der Waals surface area contributed by atoms with Crippen LogP contribution in [0.1, 0.15) is 25.8 Å². The number of thioether (sulfide) groups is 1. The molecule has 0 bridgehead atoms. The van der Waals surface area contributed by atoms with Crippen molar-refractivity contribution in [2.45, 2.75) is 30.7 Å². The molecule has 1 aliphatic rings. The summed E-state index contributed by atoms with van der Waals surface area (Å²) in [5.74, 6) is 1.88. The zero-order chi connectivity index (χ0) is 17.2. The number of fused-ring (bicyclic) bond motifs is 1. The number of amides is 1. The Morgan fingerprint density at radius 3 is 2.84 bits per heavy atom. The van der Waals surface area contributed by atoms with Crippen LogP contribution in [0.15, 0.2) is 59.6 Å². The van der Waals surface area contributed by atoms with E-state index in [4.69, 9.17) is 0 Å². The van der Waals surface area contributed by atoms with Crippen molar-refractivity contribution in [3.05, 3.63) is 54.7 Å². The molecule has 1 amide bonds. The highest BCUT2D eigenvalue weighted by Crippen LogP contribution is 2.40. The molecular weight excluding hydrogens is 330 g/mol. The van der Waals surface area contributed by atoms with E-state index in [9.17, 15) is 4.79 Å². The summed E-state index contributed by atoms with van der Waals surface area (Å²) in [6.45, 7) is 2.17. The lowest BCUT2D eigenvalue weighted by molar-refractivity contribution is -0.113. The predicted molar refractivity (Wildman–Crippen MR) is 103 cm³/mol. The maximum Gasteiger partial charge on any atom is 0.235 e. The molecule has 1 N–H and O–H groups in total. The topological polar surface area (TPSA) is 46.9 Å². The molecule has 1 aliphatic carbocycles. The zero-order valence-corrected chi connectivity index (χ0v) is 15.0.